The van der Waals surface area contributed by atoms with Crippen molar-refractivity contribution in [2.75, 3.05) is 46.1 Å². The predicted octanol–water partition coefficient (Wildman–Crippen LogP) is 12.2. The number of fused-ring (bicyclic) bond motifs is 2. The molecule has 390 valence electrons. The molecular formula is C57H87N3O10. The van der Waals surface area contributed by atoms with Crippen molar-refractivity contribution in [1.82, 2.24) is 10.2 Å². The number of aliphatic hydroxyl groups excluding tert-OH is 2. The maximum atomic E-state index is 14.6. The van der Waals surface area contributed by atoms with Crippen LogP contribution in [0.3, 0.4) is 0 Å². The Morgan fingerprint density at radius 3 is 2.26 bits per heavy atom. The first-order chi connectivity index (χ1) is 34.0. The third-order valence-corrected chi connectivity index (χ3v) is 13.7. The van der Waals surface area contributed by atoms with Crippen LogP contribution in [0.4, 0.5) is 9.59 Å². The average molecular weight is 974 g/mol. The van der Waals surface area contributed by atoms with E-state index in [1.807, 2.05) is 70.2 Å². The molecule has 2 aromatic rings. The van der Waals surface area contributed by atoms with Gasteiger partial charge in [0.05, 0.1) is 31.5 Å². The molecule has 0 aromatic heterocycles. The highest BCUT2D eigenvalue weighted by Gasteiger charge is 2.65. The Bertz CT molecular complexity index is 1930. The molecule has 13 heteroatoms. The zero-order valence-electron chi connectivity index (χ0n) is 43.3. The van der Waals surface area contributed by atoms with Gasteiger partial charge in [-0.3, -0.25) is 4.90 Å². The van der Waals surface area contributed by atoms with E-state index in [0.29, 0.717) is 56.2 Å². The van der Waals surface area contributed by atoms with Crippen LogP contribution < -0.4 is 14.8 Å². The van der Waals surface area contributed by atoms with Crippen molar-refractivity contribution in [3.8, 4) is 11.5 Å². The van der Waals surface area contributed by atoms with Gasteiger partial charge in [-0.1, -0.05) is 132 Å². The molecule has 2 aromatic carbocycles. The molecule has 6 atom stereocenters. The zero-order chi connectivity index (χ0) is 50.2. The summed E-state index contributed by atoms with van der Waals surface area (Å²) in [6.07, 6.45) is 20.4. The largest absolute Gasteiger partial charge is 0.459 e. The third kappa shape index (κ3) is 16.6. The van der Waals surface area contributed by atoms with Crippen LogP contribution in [0.1, 0.15) is 167 Å². The average Bonchev–Trinajstić information content (AvgIpc) is 3.34. The predicted molar refractivity (Wildman–Crippen MR) is 276 cm³/mol. The van der Waals surface area contributed by atoms with Gasteiger partial charge in [0.1, 0.15) is 29.7 Å². The van der Waals surface area contributed by atoms with E-state index < -0.39 is 35.5 Å². The minimum absolute atomic E-state index is 0.00522. The van der Waals surface area contributed by atoms with Crippen molar-refractivity contribution in [3.63, 3.8) is 0 Å². The van der Waals surface area contributed by atoms with E-state index >= 15 is 0 Å². The maximum absolute atomic E-state index is 14.6. The van der Waals surface area contributed by atoms with Gasteiger partial charge in [0.25, 0.3) is 0 Å². The second-order valence-electron chi connectivity index (χ2n) is 20.3. The van der Waals surface area contributed by atoms with E-state index in [1.54, 1.807) is 17.0 Å². The van der Waals surface area contributed by atoms with E-state index in [9.17, 15) is 19.8 Å². The highest BCUT2D eigenvalue weighted by molar-refractivity contribution is 6.03. The van der Waals surface area contributed by atoms with Crippen molar-refractivity contribution in [3.05, 3.63) is 84.0 Å². The molecule has 5 rings (SSSR count). The van der Waals surface area contributed by atoms with E-state index in [2.05, 4.69) is 24.9 Å². The van der Waals surface area contributed by atoms with Gasteiger partial charge in [-0.25, -0.2) is 9.59 Å². The van der Waals surface area contributed by atoms with Crippen LogP contribution in [0.25, 0.3) is 0 Å². The molecular weight excluding hydrogens is 887 g/mol. The summed E-state index contributed by atoms with van der Waals surface area (Å²) in [6, 6.07) is 14.7. The fraction of sp³-hybridized carbons (Fsp3) is 0.667. The number of benzene rings is 2. The summed E-state index contributed by atoms with van der Waals surface area (Å²) in [7, 11) is 0. The van der Waals surface area contributed by atoms with Gasteiger partial charge in [0.2, 0.25) is 5.79 Å². The lowest BCUT2D eigenvalue weighted by molar-refractivity contribution is -0.255. The standard InChI is InChI=1S/C57H87N3O10/c1-7-10-11-12-13-14-15-16-17-23-32-58-54(63)68-45-30-31-50-48(40-45)52-46(29-22-25-35-62)44(28-21-24-34-61)39-47-49(59-70-56(4,5)6)41-51(57(69-50,53(47)52)67-36-9-3)60(33-8-2)55(64)66-38-37-65-42-43-26-19-18-20-27-43/h9,18-20,26-27,30-31,39-40,44,46,51-53,61-62H,3,7-8,10-17,21-25,28-29,32-38,41-42H2,1-2,4-6H3,(H,58,63). The van der Waals surface area contributed by atoms with Crippen LogP contribution in [-0.2, 0) is 25.7 Å². The molecule has 1 heterocycles. The lowest BCUT2D eigenvalue weighted by Crippen LogP contribution is -2.70. The first-order valence-electron chi connectivity index (χ1n) is 26.8. The Kier molecular flexibility index (Phi) is 24.0. The SMILES string of the molecule is C=CCOC12Oc3ccc(OC(=O)NCCCCCCCCCCCC)cc3C3C(CCCCO)C(CCCCO)C=C(C(=NOC(C)(C)C)CC1N(CCC)C(=O)OCCOCc1ccccc1)C32. The molecule has 0 spiro atoms. The number of carbonyl (C=O) groups excluding carboxylic acids is 2. The third-order valence-electron chi connectivity index (χ3n) is 13.7. The number of nitrogens with one attached hydrogen (secondary N) is 1. The van der Waals surface area contributed by atoms with E-state index in [1.165, 1.54) is 44.9 Å². The number of rotatable bonds is 32. The number of oxime groups is 1. The van der Waals surface area contributed by atoms with E-state index in [-0.39, 0.29) is 57.2 Å². The fourth-order valence-corrected chi connectivity index (χ4v) is 10.5. The van der Waals surface area contributed by atoms with Gasteiger partial charge in [0, 0.05) is 44.2 Å². The van der Waals surface area contributed by atoms with Crippen LogP contribution in [0, 0.1) is 17.8 Å². The van der Waals surface area contributed by atoms with Crippen LogP contribution in [0.5, 0.6) is 11.5 Å². The smallest absolute Gasteiger partial charge is 0.412 e. The molecule has 13 nitrogen and oxygen atoms in total. The Hall–Kier alpha value is -4.43. The minimum Gasteiger partial charge on any atom is -0.459 e. The summed E-state index contributed by atoms with van der Waals surface area (Å²) in [5.41, 5.74) is 2.90. The number of amides is 2. The Morgan fingerprint density at radius 1 is 0.886 bits per heavy atom. The van der Waals surface area contributed by atoms with Crippen LogP contribution in [-0.4, -0.2) is 96.6 Å². The Balaban J connectivity index is 1.52. The molecule has 2 aliphatic carbocycles. The van der Waals surface area contributed by atoms with E-state index in [4.69, 9.17) is 33.7 Å². The number of unbranched alkanes of at least 4 members (excludes halogenated alkanes) is 11. The normalized spacial score (nSPS) is 22.0. The topological polar surface area (TPSA) is 158 Å². The molecule has 1 aliphatic heterocycles. The highest BCUT2D eigenvalue weighted by atomic mass is 16.7. The molecule has 3 aliphatic rings. The second kappa shape index (κ2) is 29.8. The second-order valence-corrected chi connectivity index (χ2v) is 20.3. The first-order valence-corrected chi connectivity index (χ1v) is 26.8. The lowest BCUT2D eigenvalue weighted by Gasteiger charge is -2.60. The lowest BCUT2D eigenvalue weighted by atomic mass is 9.55. The molecule has 6 unspecified atom stereocenters. The van der Waals surface area contributed by atoms with Gasteiger partial charge in [-0.05, 0) is 100 Å². The maximum Gasteiger partial charge on any atom is 0.412 e. The van der Waals surface area contributed by atoms with Crippen LogP contribution in [0.15, 0.2) is 78.0 Å². The van der Waals surface area contributed by atoms with Gasteiger partial charge < -0.3 is 44.1 Å². The van der Waals surface area contributed by atoms with Crippen molar-refractivity contribution >= 4 is 17.9 Å². The van der Waals surface area contributed by atoms with Gasteiger partial charge in [-0.15, -0.1) is 6.58 Å². The van der Waals surface area contributed by atoms with E-state index in [0.717, 1.165) is 61.6 Å². The number of ether oxygens (including phenoxy) is 5. The van der Waals surface area contributed by atoms with Gasteiger partial charge in [0.15, 0.2) is 0 Å². The molecule has 1 saturated carbocycles. The molecule has 0 radical (unpaired) electrons. The van der Waals surface area contributed by atoms with Gasteiger partial charge in [-0.2, -0.15) is 0 Å². The summed E-state index contributed by atoms with van der Waals surface area (Å²) in [6.45, 7) is 16.0. The number of aliphatic hydroxyl groups is 2. The number of nitrogens with zero attached hydrogens (tertiary/aromatic N) is 2. The number of carbonyl (C=O) groups is 2. The molecule has 70 heavy (non-hydrogen) atoms. The number of hydrogen-bond acceptors (Lipinski definition) is 11. The van der Waals surface area contributed by atoms with Crippen LogP contribution >= 0.6 is 0 Å². The quantitative estimate of drug-likeness (QED) is 0.0366. The highest BCUT2D eigenvalue weighted by Crippen LogP contribution is 2.62. The number of allylic oxidation sites excluding steroid dienone is 1. The molecule has 1 fully saturated rings. The summed E-state index contributed by atoms with van der Waals surface area (Å²) >= 11 is 0. The zero-order valence-corrected chi connectivity index (χ0v) is 43.3. The molecule has 3 N–H and O–H groups in total. The molecule has 0 saturated heterocycles. The Morgan fingerprint density at radius 2 is 1.59 bits per heavy atom. The van der Waals surface area contributed by atoms with Gasteiger partial charge >= 0.3 is 12.2 Å². The summed E-state index contributed by atoms with van der Waals surface area (Å²) in [4.78, 5) is 35.9. The van der Waals surface area contributed by atoms with Crippen molar-refractivity contribution in [1.29, 1.82) is 0 Å². The van der Waals surface area contributed by atoms with Crippen molar-refractivity contribution in [2.24, 2.45) is 22.9 Å². The summed E-state index contributed by atoms with van der Waals surface area (Å²) in [5.74, 6) is -1.23. The Labute approximate surface area is 419 Å². The van der Waals surface area contributed by atoms with Crippen LogP contribution in [0.2, 0.25) is 0 Å². The molecule has 0 bridgehead atoms. The molecule has 2 amide bonds. The number of hydrogen-bond donors (Lipinski definition) is 3. The minimum atomic E-state index is -1.45. The first kappa shape index (κ1) is 56.5. The summed E-state index contributed by atoms with van der Waals surface area (Å²) in [5, 5.41) is 27.9. The fourth-order valence-electron chi connectivity index (χ4n) is 10.5. The summed E-state index contributed by atoms with van der Waals surface area (Å²) < 4.78 is 32.4. The van der Waals surface area contributed by atoms with Crippen molar-refractivity contribution < 1.29 is 48.3 Å². The monoisotopic (exact) mass is 974 g/mol. The van der Waals surface area contributed by atoms with Crippen molar-refractivity contribution in [2.45, 2.75) is 180 Å².